The van der Waals surface area contributed by atoms with Crippen molar-refractivity contribution in [2.24, 2.45) is 11.8 Å². The van der Waals surface area contributed by atoms with Crippen LogP contribution in [0.1, 0.15) is 38.7 Å². The Morgan fingerprint density at radius 2 is 1.90 bits per heavy atom. The zero-order valence-corrected chi connectivity index (χ0v) is 13.0. The van der Waals surface area contributed by atoms with Crippen LogP contribution in [0.15, 0.2) is 24.3 Å². The number of anilines is 1. The molecule has 0 bridgehead atoms. The molecule has 0 aliphatic heterocycles. The van der Waals surface area contributed by atoms with E-state index in [-0.39, 0.29) is 11.8 Å². The molecule has 5 heteroatoms. The molecular weight excluding hydrogens is 272 g/mol. The van der Waals surface area contributed by atoms with Gasteiger partial charge in [-0.2, -0.15) is 0 Å². The number of nitrogen functional groups attached to an aromatic ring is 1. The second-order valence-electron chi connectivity index (χ2n) is 6.04. The van der Waals surface area contributed by atoms with Crippen LogP contribution >= 0.6 is 0 Å². The highest BCUT2D eigenvalue weighted by Gasteiger charge is 2.27. The van der Waals surface area contributed by atoms with E-state index >= 15 is 0 Å². The number of nitrogens with two attached hydrogens (primary N) is 1. The predicted octanol–water partition coefficient (Wildman–Crippen LogP) is 2.51. The van der Waals surface area contributed by atoms with Gasteiger partial charge in [0.05, 0.1) is 5.75 Å². The first kappa shape index (κ1) is 15.3. The SMILES string of the molecule is CC1CCC(NS(=O)(=O)Cc2ccccc2N)CC1C. The van der Waals surface area contributed by atoms with Crippen molar-refractivity contribution in [2.45, 2.75) is 44.9 Å². The standard InChI is InChI=1S/C15H24N2O2S/c1-11-7-8-14(9-12(11)2)17-20(18,19)10-13-5-3-4-6-15(13)16/h3-6,11-12,14,17H,7-10,16H2,1-2H3. The Kier molecular flexibility index (Phi) is 4.70. The third kappa shape index (κ3) is 3.96. The normalized spacial score (nSPS) is 27.4. The van der Waals surface area contributed by atoms with Crippen molar-refractivity contribution in [2.75, 3.05) is 5.73 Å². The van der Waals surface area contributed by atoms with Crippen LogP contribution in [0.5, 0.6) is 0 Å². The lowest BCUT2D eigenvalue weighted by Gasteiger charge is -2.32. The van der Waals surface area contributed by atoms with E-state index in [4.69, 9.17) is 5.73 Å². The second-order valence-corrected chi connectivity index (χ2v) is 7.79. The summed E-state index contributed by atoms with van der Waals surface area (Å²) >= 11 is 0. The highest BCUT2D eigenvalue weighted by molar-refractivity contribution is 7.88. The van der Waals surface area contributed by atoms with Gasteiger partial charge in [-0.05, 0) is 42.7 Å². The number of sulfonamides is 1. The molecule has 20 heavy (non-hydrogen) atoms. The minimum Gasteiger partial charge on any atom is -0.398 e. The number of rotatable bonds is 4. The van der Waals surface area contributed by atoms with Gasteiger partial charge in [-0.3, -0.25) is 0 Å². The highest BCUT2D eigenvalue weighted by atomic mass is 32.2. The van der Waals surface area contributed by atoms with Crippen molar-refractivity contribution in [1.29, 1.82) is 0 Å². The molecule has 0 aromatic heterocycles. The predicted molar refractivity (Wildman–Crippen MR) is 82.6 cm³/mol. The molecule has 1 aliphatic rings. The minimum absolute atomic E-state index is 0.0416. The summed E-state index contributed by atoms with van der Waals surface area (Å²) in [5.41, 5.74) is 7.00. The summed E-state index contributed by atoms with van der Waals surface area (Å²) in [5.74, 6) is 1.21. The first-order chi connectivity index (χ1) is 9.37. The van der Waals surface area contributed by atoms with E-state index < -0.39 is 10.0 Å². The van der Waals surface area contributed by atoms with Crippen molar-refractivity contribution in [3.05, 3.63) is 29.8 Å². The summed E-state index contributed by atoms with van der Waals surface area (Å²) in [6.45, 7) is 4.43. The lowest BCUT2D eigenvalue weighted by atomic mass is 9.79. The third-order valence-electron chi connectivity index (χ3n) is 4.35. The maximum Gasteiger partial charge on any atom is 0.216 e. The average Bonchev–Trinajstić information content (AvgIpc) is 2.36. The first-order valence-electron chi connectivity index (χ1n) is 7.21. The molecule has 3 N–H and O–H groups in total. The fourth-order valence-electron chi connectivity index (χ4n) is 2.82. The molecule has 112 valence electrons. The zero-order chi connectivity index (χ0) is 14.8. The van der Waals surface area contributed by atoms with Gasteiger partial charge in [-0.1, -0.05) is 32.0 Å². The van der Waals surface area contributed by atoms with Gasteiger partial charge in [-0.25, -0.2) is 13.1 Å². The van der Waals surface area contributed by atoms with Crippen molar-refractivity contribution < 1.29 is 8.42 Å². The molecule has 0 saturated heterocycles. The molecule has 1 fully saturated rings. The van der Waals surface area contributed by atoms with E-state index in [0.29, 0.717) is 23.1 Å². The molecule has 3 atom stereocenters. The Labute approximate surface area is 121 Å². The number of nitrogens with one attached hydrogen (secondary N) is 1. The maximum atomic E-state index is 12.2. The molecular formula is C15H24N2O2S. The molecule has 2 rings (SSSR count). The molecule has 3 unspecified atom stereocenters. The van der Waals surface area contributed by atoms with Gasteiger partial charge in [-0.15, -0.1) is 0 Å². The second kappa shape index (κ2) is 6.14. The Morgan fingerprint density at radius 1 is 1.20 bits per heavy atom. The molecule has 0 amide bonds. The molecule has 0 spiro atoms. The molecule has 1 aliphatic carbocycles. The van der Waals surface area contributed by atoms with Crippen LogP contribution in [-0.4, -0.2) is 14.5 Å². The Hall–Kier alpha value is -1.07. The Bertz CT molecular complexity index is 557. The van der Waals surface area contributed by atoms with E-state index in [1.165, 1.54) is 0 Å². The number of hydrogen-bond acceptors (Lipinski definition) is 3. The topological polar surface area (TPSA) is 72.2 Å². The molecule has 0 heterocycles. The van der Waals surface area contributed by atoms with Gasteiger partial charge in [0.2, 0.25) is 10.0 Å². The van der Waals surface area contributed by atoms with Gasteiger partial charge in [0, 0.05) is 11.7 Å². The van der Waals surface area contributed by atoms with Gasteiger partial charge < -0.3 is 5.73 Å². The summed E-state index contributed by atoms with van der Waals surface area (Å²) in [5, 5.41) is 0. The number of benzene rings is 1. The molecule has 1 aromatic carbocycles. The zero-order valence-electron chi connectivity index (χ0n) is 12.2. The van der Waals surface area contributed by atoms with E-state index in [1.807, 2.05) is 12.1 Å². The van der Waals surface area contributed by atoms with Crippen LogP contribution < -0.4 is 10.5 Å². The van der Waals surface area contributed by atoms with E-state index in [0.717, 1.165) is 19.3 Å². The number of hydrogen-bond donors (Lipinski definition) is 2. The lowest BCUT2D eigenvalue weighted by Crippen LogP contribution is -2.40. The summed E-state index contributed by atoms with van der Waals surface area (Å²) in [6, 6.07) is 7.18. The number of para-hydroxylation sites is 1. The van der Waals surface area contributed by atoms with Gasteiger partial charge in [0.25, 0.3) is 0 Å². The Balaban J connectivity index is 2.00. The van der Waals surface area contributed by atoms with Crippen LogP contribution in [0.2, 0.25) is 0 Å². The van der Waals surface area contributed by atoms with Gasteiger partial charge in [0.15, 0.2) is 0 Å². The van der Waals surface area contributed by atoms with Crippen molar-refractivity contribution in [1.82, 2.24) is 4.72 Å². The van der Waals surface area contributed by atoms with Gasteiger partial charge in [0.1, 0.15) is 0 Å². The fourth-order valence-corrected chi connectivity index (χ4v) is 4.30. The van der Waals surface area contributed by atoms with Crippen LogP contribution in [-0.2, 0) is 15.8 Å². The summed E-state index contributed by atoms with van der Waals surface area (Å²) in [7, 11) is -3.33. The van der Waals surface area contributed by atoms with Crippen molar-refractivity contribution in [3.63, 3.8) is 0 Å². The van der Waals surface area contributed by atoms with Crippen LogP contribution in [0.4, 0.5) is 5.69 Å². The summed E-state index contributed by atoms with van der Waals surface area (Å²) in [4.78, 5) is 0. The Morgan fingerprint density at radius 3 is 2.55 bits per heavy atom. The minimum atomic E-state index is -3.33. The quantitative estimate of drug-likeness (QED) is 0.839. The van der Waals surface area contributed by atoms with E-state index in [2.05, 4.69) is 18.6 Å². The van der Waals surface area contributed by atoms with Crippen molar-refractivity contribution in [3.8, 4) is 0 Å². The monoisotopic (exact) mass is 296 g/mol. The summed E-state index contributed by atoms with van der Waals surface area (Å²) in [6.07, 6.45) is 2.93. The fraction of sp³-hybridized carbons (Fsp3) is 0.600. The van der Waals surface area contributed by atoms with Gasteiger partial charge >= 0.3 is 0 Å². The molecule has 4 nitrogen and oxygen atoms in total. The van der Waals surface area contributed by atoms with Crippen LogP contribution in [0, 0.1) is 11.8 Å². The lowest BCUT2D eigenvalue weighted by molar-refractivity contribution is 0.242. The van der Waals surface area contributed by atoms with Crippen molar-refractivity contribution >= 4 is 15.7 Å². The molecule has 0 radical (unpaired) electrons. The smallest absolute Gasteiger partial charge is 0.216 e. The summed E-state index contributed by atoms with van der Waals surface area (Å²) < 4.78 is 27.3. The first-order valence-corrected chi connectivity index (χ1v) is 8.86. The van der Waals surface area contributed by atoms with E-state index in [1.54, 1.807) is 12.1 Å². The van der Waals surface area contributed by atoms with E-state index in [9.17, 15) is 8.42 Å². The highest BCUT2D eigenvalue weighted by Crippen LogP contribution is 2.29. The molecule has 1 saturated carbocycles. The van der Waals surface area contributed by atoms with Crippen LogP contribution in [0.25, 0.3) is 0 Å². The average molecular weight is 296 g/mol. The molecule has 1 aromatic rings. The van der Waals surface area contributed by atoms with Crippen LogP contribution in [0.3, 0.4) is 0 Å². The largest absolute Gasteiger partial charge is 0.398 e. The third-order valence-corrected chi connectivity index (χ3v) is 5.73. The maximum absolute atomic E-state index is 12.2.